The van der Waals surface area contributed by atoms with Crippen LogP contribution in [0, 0.1) is 11.2 Å². The molecule has 3 heteroatoms. The highest BCUT2D eigenvalue weighted by Gasteiger charge is 2.20. The van der Waals surface area contributed by atoms with Gasteiger partial charge in [-0.15, -0.1) is 0 Å². The van der Waals surface area contributed by atoms with Crippen LogP contribution in [0.5, 0.6) is 0 Å². The first-order valence-corrected chi connectivity index (χ1v) is 7.18. The molecule has 1 rings (SSSR count). The number of halogens is 3. The molecule has 0 spiro atoms. The van der Waals surface area contributed by atoms with Crippen molar-refractivity contribution >= 4 is 27.5 Å². The van der Waals surface area contributed by atoms with E-state index in [9.17, 15) is 4.39 Å². The van der Waals surface area contributed by atoms with E-state index in [0.717, 1.165) is 24.8 Å². The molecule has 0 bridgehead atoms. The van der Waals surface area contributed by atoms with E-state index in [1.807, 2.05) is 6.07 Å². The zero-order valence-electron chi connectivity index (χ0n) is 10.6. The molecule has 1 atom stereocenters. The molecule has 1 unspecified atom stereocenters. The normalized spacial score (nSPS) is 13.8. The zero-order chi connectivity index (χ0) is 13.1. The Labute approximate surface area is 117 Å². The largest absolute Gasteiger partial charge is 0.205 e. The molecule has 17 heavy (non-hydrogen) atoms. The third-order valence-electron chi connectivity index (χ3n) is 2.85. The Morgan fingerprint density at radius 1 is 1.35 bits per heavy atom. The third kappa shape index (κ3) is 4.97. The zero-order valence-corrected chi connectivity index (χ0v) is 12.9. The van der Waals surface area contributed by atoms with Gasteiger partial charge in [-0.1, -0.05) is 54.4 Å². The predicted octanol–water partition coefficient (Wildman–Crippen LogP) is 5.61. The first kappa shape index (κ1) is 15.0. The van der Waals surface area contributed by atoms with Crippen LogP contribution in [0.1, 0.15) is 39.2 Å². The summed E-state index contributed by atoms with van der Waals surface area (Å²) in [6, 6.07) is 4.96. The molecule has 0 radical (unpaired) electrons. The van der Waals surface area contributed by atoms with Crippen LogP contribution in [0.4, 0.5) is 4.39 Å². The number of benzene rings is 1. The van der Waals surface area contributed by atoms with Gasteiger partial charge in [-0.25, -0.2) is 4.39 Å². The molecule has 0 heterocycles. The van der Waals surface area contributed by atoms with Gasteiger partial charge < -0.3 is 0 Å². The molecule has 0 saturated heterocycles. The van der Waals surface area contributed by atoms with E-state index in [1.165, 1.54) is 6.07 Å². The summed E-state index contributed by atoms with van der Waals surface area (Å²) in [5, 5.41) is 0.216. The highest BCUT2D eigenvalue weighted by Crippen LogP contribution is 2.30. The minimum atomic E-state index is -0.344. The van der Waals surface area contributed by atoms with Gasteiger partial charge in [0.05, 0.1) is 5.02 Å². The Morgan fingerprint density at radius 3 is 2.53 bits per heavy atom. The van der Waals surface area contributed by atoms with Gasteiger partial charge in [0, 0.05) is 4.83 Å². The topological polar surface area (TPSA) is 0 Å². The van der Waals surface area contributed by atoms with Gasteiger partial charge in [0.25, 0.3) is 0 Å². The molecule has 0 aromatic heterocycles. The second-order valence-electron chi connectivity index (χ2n) is 5.47. The molecule has 0 amide bonds. The van der Waals surface area contributed by atoms with Crippen molar-refractivity contribution in [3.8, 4) is 0 Å². The van der Waals surface area contributed by atoms with E-state index < -0.39 is 0 Å². The molecular formula is C14H19BrClF. The molecular weight excluding hydrogens is 303 g/mol. The molecule has 0 saturated carbocycles. The summed E-state index contributed by atoms with van der Waals surface area (Å²) in [7, 11) is 0. The Bertz CT molecular complexity index is 371. The van der Waals surface area contributed by atoms with Crippen molar-refractivity contribution in [3.63, 3.8) is 0 Å². The molecule has 1 aromatic rings. The summed E-state index contributed by atoms with van der Waals surface area (Å²) in [4.78, 5) is 0.505. The van der Waals surface area contributed by atoms with Crippen LogP contribution in [0.2, 0.25) is 5.02 Å². The van der Waals surface area contributed by atoms with E-state index in [4.69, 9.17) is 11.6 Å². The molecule has 1 aromatic carbocycles. The third-order valence-corrected chi connectivity index (χ3v) is 4.97. The van der Waals surface area contributed by atoms with Crippen molar-refractivity contribution in [1.82, 2.24) is 0 Å². The predicted molar refractivity (Wildman–Crippen MR) is 76.5 cm³/mol. The quantitative estimate of drug-likeness (QED) is 0.632. The highest BCUT2D eigenvalue weighted by atomic mass is 79.9. The SMILES string of the molecule is CC(C)(C)C(Br)CCCc1ccc(F)c(Cl)c1. The van der Waals surface area contributed by atoms with Gasteiger partial charge in [0.15, 0.2) is 0 Å². The van der Waals surface area contributed by atoms with E-state index in [1.54, 1.807) is 6.07 Å². The molecule has 0 aliphatic carbocycles. The molecule has 0 N–H and O–H groups in total. The summed E-state index contributed by atoms with van der Waals surface area (Å²) in [6.45, 7) is 6.67. The fraction of sp³-hybridized carbons (Fsp3) is 0.571. The van der Waals surface area contributed by atoms with E-state index in [2.05, 4.69) is 36.7 Å². The van der Waals surface area contributed by atoms with Gasteiger partial charge in [-0.3, -0.25) is 0 Å². The van der Waals surface area contributed by atoms with Gasteiger partial charge in [-0.2, -0.15) is 0 Å². The molecule has 0 nitrogen and oxygen atoms in total. The van der Waals surface area contributed by atoms with E-state index in [-0.39, 0.29) is 16.3 Å². The average Bonchev–Trinajstić information content (AvgIpc) is 2.22. The smallest absolute Gasteiger partial charge is 0.141 e. The lowest BCUT2D eigenvalue weighted by Gasteiger charge is -2.25. The van der Waals surface area contributed by atoms with Crippen LogP contribution in [-0.2, 0) is 6.42 Å². The first-order valence-electron chi connectivity index (χ1n) is 5.88. The van der Waals surface area contributed by atoms with Crippen molar-refractivity contribution < 1.29 is 4.39 Å². The fourth-order valence-corrected chi connectivity index (χ4v) is 2.14. The summed E-state index contributed by atoms with van der Waals surface area (Å²) >= 11 is 9.46. The maximum absolute atomic E-state index is 13.0. The molecule has 0 aliphatic rings. The van der Waals surface area contributed by atoms with Gasteiger partial charge in [0.2, 0.25) is 0 Å². The lowest BCUT2D eigenvalue weighted by molar-refractivity contribution is 0.380. The summed E-state index contributed by atoms with van der Waals surface area (Å²) in [6.07, 6.45) is 3.13. The second kappa shape index (κ2) is 6.19. The van der Waals surface area contributed by atoms with Crippen LogP contribution >= 0.6 is 27.5 Å². The summed E-state index contributed by atoms with van der Waals surface area (Å²) in [5.74, 6) is -0.344. The maximum Gasteiger partial charge on any atom is 0.141 e. The lowest BCUT2D eigenvalue weighted by Crippen LogP contribution is -2.20. The summed E-state index contributed by atoms with van der Waals surface area (Å²) in [5.41, 5.74) is 1.38. The number of hydrogen-bond donors (Lipinski definition) is 0. The fourth-order valence-electron chi connectivity index (χ4n) is 1.61. The van der Waals surface area contributed by atoms with Crippen LogP contribution in [0.25, 0.3) is 0 Å². The first-order chi connectivity index (χ1) is 7.80. The van der Waals surface area contributed by atoms with Crippen LogP contribution < -0.4 is 0 Å². The molecule has 0 fully saturated rings. The average molecular weight is 322 g/mol. The highest BCUT2D eigenvalue weighted by molar-refractivity contribution is 9.09. The summed E-state index contributed by atoms with van der Waals surface area (Å²) < 4.78 is 13.0. The number of alkyl halides is 1. The van der Waals surface area contributed by atoms with Gasteiger partial charge in [0.1, 0.15) is 5.82 Å². The van der Waals surface area contributed by atoms with Crippen molar-refractivity contribution in [2.75, 3.05) is 0 Å². The Hall–Kier alpha value is -0.0800. The minimum absolute atomic E-state index is 0.216. The van der Waals surface area contributed by atoms with Crippen molar-refractivity contribution in [2.45, 2.75) is 44.9 Å². The maximum atomic E-state index is 13.0. The Balaban J connectivity index is 2.44. The standard InChI is InChI=1S/C14H19BrClF/c1-14(2,3)13(15)6-4-5-10-7-8-12(17)11(16)9-10/h7-9,13H,4-6H2,1-3H3. The minimum Gasteiger partial charge on any atom is -0.205 e. The van der Waals surface area contributed by atoms with E-state index in [0.29, 0.717) is 4.83 Å². The number of rotatable bonds is 4. The monoisotopic (exact) mass is 320 g/mol. The van der Waals surface area contributed by atoms with Crippen LogP contribution in [0.15, 0.2) is 18.2 Å². The van der Waals surface area contributed by atoms with Crippen LogP contribution in [0.3, 0.4) is 0 Å². The van der Waals surface area contributed by atoms with Gasteiger partial charge in [-0.05, 0) is 42.4 Å². The Morgan fingerprint density at radius 2 is 2.00 bits per heavy atom. The molecule has 96 valence electrons. The van der Waals surface area contributed by atoms with Crippen molar-refractivity contribution in [1.29, 1.82) is 0 Å². The van der Waals surface area contributed by atoms with Crippen LogP contribution in [-0.4, -0.2) is 4.83 Å². The number of hydrogen-bond acceptors (Lipinski definition) is 0. The van der Waals surface area contributed by atoms with Gasteiger partial charge >= 0.3 is 0 Å². The number of aryl methyl sites for hydroxylation is 1. The second-order valence-corrected chi connectivity index (χ2v) is 6.99. The van der Waals surface area contributed by atoms with E-state index >= 15 is 0 Å². The molecule has 0 aliphatic heterocycles. The Kier molecular flexibility index (Phi) is 5.46. The van der Waals surface area contributed by atoms with Crippen molar-refractivity contribution in [3.05, 3.63) is 34.6 Å². The van der Waals surface area contributed by atoms with Crippen molar-refractivity contribution in [2.24, 2.45) is 5.41 Å². The lowest BCUT2D eigenvalue weighted by atomic mass is 9.89.